The maximum Gasteiger partial charge on any atom is 0.310 e. The Morgan fingerprint density at radius 2 is 1.74 bits per heavy atom. The van der Waals surface area contributed by atoms with Gasteiger partial charge in [-0.25, -0.2) is 4.98 Å². The molecule has 1 aliphatic heterocycles. The maximum atomic E-state index is 10.1. The van der Waals surface area contributed by atoms with E-state index in [9.17, 15) is 5.11 Å². The fourth-order valence-electron chi connectivity index (χ4n) is 2.65. The molecule has 3 aromatic rings. The van der Waals surface area contributed by atoms with Crippen LogP contribution in [0.25, 0.3) is 23.1 Å². The highest BCUT2D eigenvalue weighted by Gasteiger charge is 2.17. The average molecular weight is 302 g/mol. The second kappa shape index (κ2) is 5.25. The molecule has 4 heteroatoms. The molecule has 0 saturated heterocycles. The van der Waals surface area contributed by atoms with Crippen LogP contribution in [-0.4, -0.2) is 16.3 Å². The lowest BCUT2D eigenvalue weighted by Crippen LogP contribution is -1.84. The SMILES string of the molecule is Cc1ccccc1-c1nc(/C=C2\C=Nc3ccccc32)c(O)o1. The first-order chi connectivity index (χ1) is 11.2. The molecule has 0 amide bonds. The minimum atomic E-state index is -0.187. The second-order valence-electron chi connectivity index (χ2n) is 5.40. The number of hydrogen-bond acceptors (Lipinski definition) is 4. The quantitative estimate of drug-likeness (QED) is 0.752. The zero-order chi connectivity index (χ0) is 15.8. The number of hydrogen-bond donors (Lipinski definition) is 1. The number of nitrogens with zero attached hydrogens (tertiary/aromatic N) is 2. The van der Waals surface area contributed by atoms with Gasteiger partial charge in [0.2, 0.25) is 5.89 Å². The summed E-state index contributed by atoms with van der Waals surface area (Å²) in [5.74, 6) is 0.226. The van der Waals surface area contributed by atoms with Gasteiger partial charge >= 0.3 is 5.95 Å². The van der Waals surface area contributed by atoms with Gasteiger partial charge in [-0.3, -0.25) is 4.99 Å². The topological polar surface area (TPSA) is 58.6 Å². The fourth-order valence-corrected chi connectivity index (χ4v) is 2.65. The zero-order valence-electron chi connectivity index (χ0n) is 12.5. The number of allylic oxidation sites excluding steroid dienone is 1. The molecule has 0 aliphatic carbocycles. The molecule has 0 atom stereocenters. The van der Waals surface area contributed by atoms with Gasteiger partial charge in [0, 0.05) is 22.9 Å². The summed E-state index contributed by atoms with van der Waals surface area (Å²) in [6.07, 6.45) is 3.56. The highest BCUT2D eigenvalue weighted by atomic mass is 16.5. The van der Waals surface area contributed by atoms with Gasteiger partial charge in [0.05, 0.1) is 5.69 Å². The summed E-state index contributed by atoms with van der Waals surface area (Å²) in [5.41, 5.74) is 5.16. The van der Waals surface area contributed by atoms with Crippen LogP contribution in [0.4, 0.5) is 5.69 Å². The summed E-state index contributed by atoms with van der Waals surface area (Å²) in [7, 11) is 0. The molecule has 0 bridgehead atoms. The van der Waals surface area contributed by atoms with E-state index in [2.05, 4.69) is 9.98 Å². The van der Waals surface area contributed by atoms with Crippen molar-refractivity contribution < 1.29 is 9.52 Å². The van der Waals surface area contributed by atoms with Gasteiger partial charge in [-0.15, -0.1) is 0 Å². The van der Waals surface area contributed by atoms with Crippen molar-refractivity contribution in [1.29, 1.82) is 0 Å². The molecule has 0 saturated carbocycles. The number of aromatic hydroxyl groups is 1. The van der Waals surface area contributed by atoms with Crippen LogP contribution in [0.15, 0.2) is 57.9 Å². The van der Waals surface area contributed by atoms with Gasteiger partial charge < -0.3 is 9.52 Å². The van der Waals surface area contributed by atoms with E-state index in [4.69, 9.17) is 4.42 Å². The Hall–Kier alpha value is -3.14. The third kappa shape index (κ3) is 2.34. The molecule has 112 valence electrons. The fraction of sp³-hybridized carbons (Fsp3) is 0.0526. The van der Waals surface area contributed by atoms with Crippen LogP contribution in [0.5, 0.6) is 5.95 Å². The van der Waals surface area contributed by atoms with Crippen molar-refractivity contribution in [2.24, 2.45) is 4.99 Å². The normalized spacial score (nSPS) is 14.4. The third-order valence-corrected chi connectivity index (χ3v) is 3.86. The molecular weight excluding hydrogens is 288 g/mol. The Balaban J connectivity index is 1.77. The van der Waals surface area contributed by atoms with Crippen LogP contribution >= 0.6 is 0 Å². The van der Waals surface area contributed by atoms with Crippen molar-refractivity contribution in [3.05, 3.63) is 65.4 Å². The highest BCUT2D eigenvalue weighted by molar-refractivity contribution is 6.21. The van der Waals surface area contributed by atoms with E-state index in [1.165, 1.54) is 0 Å². The van der Waals surface area contributed by atoms with Crippen LogP contribution in [0.3, 0.4) is 0 Å². The molecule has 4 nitrogen and oxygen atoms in total. The van der Waals surface area contributed by atoms with E-state index in [0.717, 1.165) is 28.0 Å². The van der Waals surface area contributed by atoms with Crippen molar-refractivity contribution in [3.8, 4) is 17.4 Å². The van der Waals surface area contributed by atoms with E-state index >= 15 is 0 Å². The lowest BCUT2D eigenvalue weighted by molar-refractivity contribution is 0.336. The minimum absolute atomic E-state index is 0.187. The van der Waals surface area contributed by atoms with E-state index in [1.54, 1.807) is 12.3 Å². The van der Waals surface area contributed by atoms with Gasteiger partial charge in [0.1, 0.15) is 5.69 Å². The Labute approximate surface area is 133 Å². The summed E-state index contributed by atoms with van der Waals surface area (Å²) in [5, 5.41) is 10.1. The molecule has 0 spiro atoms. The average Bonchev–Trinajstić information content (AvgIpc) is 3.13. The molecule has 2 heterocycles. The Kier molecular flexibility index (Phi) is 3.08. The molecule has 2 aromatic carbocycles. The molecule has 0 fully saturated rings. The van der Waals surface area contributed by atoms with E-state index in [-0.39, 0.29) is 5.95 Å². The van der Waals surface area contributed by atoms with Crippen molar-refractivity contribution in [3.63, 3.8) is 0 Å². The number of aryl methyl sites for hydroxylation is 1. The number of aromatic nitrogens is 1. The summed E-state index contributed by atoms with van der Waals surface area (Å²) in [6.45, 7) is 1.98. The van der Waals surface area contributed by atoms with E-state index in [0.29, 0.717) is 11.6 Å². The van der Waals surface area contributed by atoms with Crippen LogP contribution in [-0.2, 0) is 0 Å². The van der Waals surface area contributed by atoms with Crippen LogP contribution in [0.1, 0.15) is 16.8 Å². The molecular formula is C19H14N2O2. The number of benzene rings is 2. The molecule has 1 aliphatic rings. The smallest absolute Gasteiger partial charge is 0.310 e. The minimum Gasteiger partial charge on any atom is -0.479 e. The number of aliphatic imine (C=N–C) groups is 1. The van der Waals surface area contributed by atoms with Crippen molar-refractivity contribution in [2.75, 3.05) is 0 Å². The molecule has 23 heavy (non-hydrogen) atoms. The molecule has 1 aromatic heterocycles. The molecule has 4 rings (SSSR count). The number of oxazole rings is 1. The highest BCUT2D eigenvalue weighted by Crippen LogP contribution is 2.35. The molecule has 0 radical (unpaired) electrons. The first-order valence-electron chi connectivity index (χ1n) is 7.33. The maximum absolute atomic E-state index is 10.1. The predicted molar refractivity (Wildman–Crippen MR) is 90.8 cm³/mol. The van der Waals surface area contributed by atoms with E-state index < -0.39 is 0 Å². The van der Waals surface area contributed by atoms with Crippen LogP contribution < -0.4 is 0 Å². The predicted octanol–water partition coefficient (Wildman–Crippen LogP) is 4.61. The summed E-state index contributed by atoms with van der Waals surface area (Å²) in [4.78, 5) is 8.77. The Morgan fingerprint density at radius 3 is 2.57 bits per heavy atom. The largest absolute Gasteiger partial charge is 0.479 e. The molecule has 1 N–H and O–H groups in total. The van der Waals surface area contributed by atoms with E-state index in [1.807, 2.05) is 55.5 Å². The second-order valence-corrected chi connectivity index (χ2v) is 5.40. The Morgan fingerprint density at radius 1 is 1.00 bits per heavy atom. The summed E-state index contributed by atoms with van der Waals surface area (Å²) < 4.78 is 5.44. The lowest BCUT2D eigenvalue weighted by Gasteiger charge is -1.98. The van der Waals surface area contributed by atoms with Gasteiger partial charge in [-0.05, 0) is 30.7 Å². The van der Waals surface area contributed by atoms with Crippen molar-refractivity contribution in [2.45, 2.75) is 6.92 Å². The first kappa shape index (κ1) is 13.5. The summed E-state index contributed by atoms with van der Waals surface area (Å²) in [6, 6.07) is 15.6. The standard InChI is InChI=1S/C19H14N2O2/c1-12-6-2-3-7-14(12)18-21-17(19(22)23-18)10-13-11-20-16-9-5-4-8-15(13)16/h2-11,22H,1H3/b13-10+. The monoisotopic (exact) mass is 302 g/mol. The number of para-hydroxylation sites is 1. The van der Waals surface area contributed by atoms with Gasteiger partial charge in [-0.1, -0.05) is 36.4 Å². The zero-order valence-corrected chi connectivity index (χ0v) is 12.5. The van der Waals surface area contributed by atoms with Gasteiger partial charge in [0.15, 0.2) is 0 Å². The van der Waals surface area contributed by atoms with Crippen LogP contribution in [0.2, 0.25) is 0 Å². The number of rotatable bonds is 2. The Bertz CT molecular complexity index is 952. The van der Waals surface area contributed by atoms with Crippen molar-refractivity contribution in [1.82, 2.24) is 4.98 Å². The third-order valence-electron chi connectivity index (χ3n) is 3.86. The lowest BCUT2D eigenvalue weighted by atomic mass is 10.1. The van der Waals surface area contributed by atoms with Crippen LogP contribution in [0, 0.1) is 6.92 Å². The molecule has 0 unspecified atom stereocenters. The van der Waals surface area contributed by atoms with Crippen molar-refractivity contribution >= 4 is 23.6 Å². The van der Waals surface area contributed by atoms with Gasteiger partial charge in [0.25, 0.3) is 0 Å². The first-order valence-corrected chi connectivity index (χ1v) is 7.33. The summed E-state index contributed by atoms with van der Waals surface area (Å²) >= 11 is 0. The van der Waals surface area contributed by atoms with Gasteiger partial charge in [-0.2, -0.15) is 0 Å². The number of fused-ring (bicyclic) bond motifs is 1.